The monoisotopic (exact) mass is 416 g/mol. The molecular formula is C22H28N2O4S. The van der Waals surface area contributed by atoms with Crippen molar-refractivity contribution in [2.24, 2.45) is 0 Å². The van der Waals surface area contributed by atoms with Crippen molar-refractivity contribution in [1.82, 2.24) is 4.31 Å². The molecule has 0 saturated carbocycles. The van der Waals surface area contributed by atoms with Crippen LogP contribution >= 0.6 is 0 Å². The molecule has 1 fully saturated rings. The van der Waals surface area contributed by atoms with E-state index in [9.17, 15) is 13.2 Å². The molecule has 2 aromatic rings. The minimum atomic E-state index is -3.77. The number of hydrogen-bond acceptors (Lipinski definition) is 4. The summed E-state index contributed by atoms with van der Waals surface area (Å²) < 4.78 is 33.5. The molecule has 0 radical (unpaired) electrons. The predicted molar refractivity (Wildman–Crippen MR) is 114 cm³/mol. The number of nitrogens with zero attached hydrogens (tertiary/aromatic N) is 1. The van der Waals surface area contributed by atoms with Crippen LogP contribution in [-0.2, 0) is 10.0 Å². The molecule has 1 heterocycles. The van der Waals surface area contributed by atoms with E-state index in [0.29, 0.717) is 12.2 Å². The lowest BCUT2D eigenvalue weighted by molar-refractivity contribution is 0.102. The molecule has 7 heteroatoms. The molecule has 0 unspecified atom stereocenters. The molecule has 1 N–H and O–H groups in total. The fourth-order valence-corrected chi connectivity index (χ4v) is 5.61. The molecule has 6 nitrogen and oxygen atoms in total. The molecule has 0 aliphatic carbocycles. The topological polar surface area (TPSA) is 75.7 Å². The molecule has 156 valence electrons. The number of benzene rings is 2. The Morgan fingerprint density at radius 3 is 2.55 bits per heavy atom. The van der Waals surface area contributed by atoms with E-state index in [1.54, 1.807) is 12.1 Å². The van der Waals surface area contributed by atoms with Crippen molar-refractivity contribution in [3.63, 3.8) is 0 Å². The Labute approximate surface area is 172 Å². The maximum absolute atomic E-state index is 13.3. The van der Waals surface area contributed by atoms with E-state index in [4.69, 9.17) is 4.74 Å². The highest BCUT2D eigenvalue weighted by atomic mass is 32.2. The Kier molecular flexibility index (Phi) is 6.29. The molecule has 2 aromatic carbocycles. The van der Waals surface area contributed by atoms with E-state index in [0.717, 1.165) is 30.4 Å². The first-order valence-electron chi connectivity index (χ1n) is 9.82. The molecule has 3 rings (SSSR count). The van der Waals surface area contributed by atoms with E-state index in [1.165, 1.54) is 17.5 Å². The Hall–Kier alpha value is -2.38. The Bertz CT molecular complexity index is 1020. The Balaban J connectivity index is 1.95. The summed E-state index contributed by atoms with van der Waals surface area (Å²) in [6, 6.07) is 10.2. The van der Waals surface area contributed by atoms with E-state index < -0.39 is 10.0 Å². The third kappa shape index (κ3) is 4.46. The summed E-state index contributed by atoms with van der Waals surface area (Å²) in [4.78, 5) is 12.8. The lowest BCUT2D eigenvalue weighted by Crippen LogP contribution is -2.42. The zero-order valence-electron chi connectivity index (χ0n) is 17.4. The van der Waals surface area contributed by atoms with Gasteiger partial charge in [-0.3, -0.25) is 4.79 Å². The van der Waals surface area contributed by atoms with Gasteiger partial charge in [0.25, 0.3) is 5.91 Å². The summed E-state index contributed by atoms with van der Waals surface area (Å²) in [7, 11) is -2.33. The molecule has 0 spiro atoms. The minimum absolute atomic E-state index is 0.0297. The largest absolute Gasteiger partial charge is 0.495 e. The quantitative estimate of drug-likeness (QED) is 0.795. The molecule has 0 bridgehead atoms. The van der Waals surface area contributed by atoms with Crippen LogP contribution in [0.3, 0.4) is 0 Å². The van der Waals surface area contributed by atoms with Crippen molar-refractivity contribution in [3.8, 4) is 5.75 Å². The number of ether oxygens (including phenoxy) is 1. The second-order valence-corrected chi connectivity index (χ2v) is 9.46. The van der Waals surface area contributed by atoms with E-state index >= 15 is 0 Å². The van der Waals surface area contributed by atoms with Crippen LogP contribution in [0.4, 0.5) is 5.69 Å². The number of aryl methyl sites for hydroxylation is 2. The van der Waals surface area contributed by atoms with Crippen molar-refractivity contribution >= 4 is 21.6 Å². The maximum atomic E-state index is 13.3. The van der Waals surface area contributed by atoms with Crippen LogP contribution in [0.25, 0.3) is 0 Å². The van der Waals surface area contributed by atoms with Crippen LogP contribution in [0.5, 0.6) is 5.75 Å². The molecule has 1 atom stereocenters. The highest BCUT2D eigenvalue weighted by molar-refractivity contribution is 7.89. The number of hydrogen-bond donors (Lipinski definition) is 1. The van der Waals surface area contributed by atoms with Crippen molar-refractivity contribution in [2.45, 2.75) is 51.0 Å². The van der Waals surface area contributed by atoms with Gasteiger partial charge in [0.1, 0.15) is 10.6 Å². The Morgan fingerprint density at radius 2 is 1.90 bits per heavy atom. The lowest BCUT2D eigenvalue weighted by Gasteiger charge is -2.32. The SMILES string of the molecule is COc1ccc(C(=O)Nc2ccc(C)cc2C)cc1S(=O)(=O)N1CCCC[C@@H]1C. The number of carbonyl (C=O) groups is 1. The van der Waals surface area contributed by atoms with Gasteiger partial charge >= 0.3 is 0 Å². The normalized spacial score (nSPS) is 17.7. The van der Waals surface area contributed by atoms with Crippen molar-refractivity contribution in [3.05, 3.63) is 53.1 Å². The van der Waals surface area contributed by atoms with Crippen LogP contribution in [0.15, 0.2) is 41.3 Å². The second kappa shape index (κ2) is 8.55. The van der Waals surface area contributed by atoms with Gasteiger partial charge in [-0.1, -0.05) is 24.1 Å². The lowest BCUT2D eigenvalue weighted by atomic mass is 10.1. The van der Waals surface area contributed by atoms with Gasteiger partial charge in [-0.05, 0) is 63.4 Å². The van der Waals surface area contributed by atoms with Crippen LogP contribution in [0.1, 0.15) is 47.7 Å². The number of nitrogens with one attached hydrogen (secondary N) is 1. The maximum Gasteiger partial charge on any atom is 0.255 e. The summed E-state index contributed by atoms with van der Waals surface area (Å²) in [6.45, 7) is 6.30. The first-order valence-corrected chi connectivity index (χ1v) is 11.3. The van der Waals surface area contributed by atoms with Gasteiger partial charge in [-0.25, -0.2) is 8.42 Å². The average molecular weight is 417 g/mol. The highest BCUT2D eigenvalue weighted by Gasteiger charge is 2.33. The van der Waals surface area contributed by atoms with Gasteiger partial charge in [0.05, 0.1) is 7.11 Å². The minimum Gasteiger partial charge on any atom is -0.495 e. The molecule has 1 amide bonds. The number of anilines is 1. The standard InChI is InChI=1S/C22H28N2O4S/c1-15-8-10-19(16(2)13-15)23-22(25)18-9-11-20(28-4)21(14-18)29(26,27)24-12-6-5-7-17(24)3/h8-11,13-14,17H,5-7,12H2,1-4H3,(H,23,25)/t17-/m0/s1. The first kappa shape index (κ1) is 21.3. The van der Waals surface area contributed by atoms with E-state index in [2.05, 4.69) is 5.32 Å². The van der Waals surface area contributed by atoms with Crippen LogP contribution in [-0.4, -0.2) is 38.3 Å². The zero-order chi connectivity index (χ0) is 21.2. The van der Waals surface area contributed by atoms with Crippen molar-refractivity contribution in [2.75, 3.05) is 19.0 Å². The van der Waals surface area contributed by atoms with Gasteiger partial charge in [-0.2, -0.15) is 4.31 Å². The summed E-state index contributed by atoms with van der Waals surface area (Å²) in [5.41, 5.74) is 3.02. The smallest absolute Gasteiger partial charge is 0.255 e. The van der Waals surface area contributed by atoms with Gasteiger partial charge in [-0.15, -0.1) is 0 Å². The van der Waals surface area contributed by atoms with Gasteiger partial charge < -0.3 is 10.1 Å². The van der Waals surface area contributed by atoms with Gasteiger partial charge in [0, 0.05) is 23.8 Å². The summed E-state index contributed by atoms with van der Waals surface area (Å²) >= 11 is 0. The summed E-state index contributed by atoms with van der Waals surface area (Å²) in [5, 5.41) is 2.87. The van der Waals surface area contributed by atoms with E-state index in [1.807, 2.05) is 39.0 Å². The molecule has 29 heavy (non-hydrogen) atoms. The Morgan fingerprint density at radius 1 is 1.14 bits per heavy atom. The predicted octanol–water partition coefficient (Wildman–Crippen LogP) is 4.13. The average Bonchev–Trinajstić information content (AvgIpc) is 2.69. The third-order valence-electron chi connectivity index (χ3n) is 5.38. The van der Waals surface area contributed by atoms with Crippen LogP contribution in [0, 0.1) is 13.8 Å². The summed E-state index contributed by atoms with van der Waals surface area (Å²) in [6.07, 6.45) is 2.68. The molecule has 1 saturated heterocycles. The van der Waals surface area contributed by atoms with E-state index in [-0.39, 0.29) is 28.2 Å². The van der Waals surface area contributed by atoms with Gasteiger partial charge in [0.15, 0.2) is 0 Å². The van der Waals surface area contributed by atoms with Crippen LogP contribution < -0.4 is 10.1 Å². The summed E-state index contributed by atoms with van der Waals surface area (Å²) in [5.74, 6) is -0.117. The van der Waals surface area contributed by atoms with Crippen molar-refractivity contribution in [1.29, 1.82) is 0 Å². The highest BCUT2D eigenvalue weighted by Crippen LogP contribution is 2.32. The first-order chi connectivity index (χ1) is 13.7. The number of methoxy groups -OCH3 is 1. The molecule has 0 aromatic heterocycles. The fraction of sp³-hybridized carbons (Fsp3) is 0.409. The number of carbonyl (C=O) groups excluding carboxylic acids is 1. The van der Waals surface area contributed by atoms with Crippen molar-refractivity contribution < 1.29 is 17.9 Å². The number of sulfonamides is 1. The number of piperidine rings is 1. The molecule has 1 aliphatic rings. The number of rotatable bonds is 5. The molecular weight excluding hydrogens is 388 g/mol. The number of amides is 1. The fourth-order valence-electron chi connectivity index (χ4n) is 3.72. The second-order valence-electron chi connectivity index (χ2n) is 7.60. The van der Waals surface area contributed by atoms with Gasteiger partial charge in [0.2, 0.25) is 10.0 Å². The molecule has 1 aliphatic heterocycles. The third-order valence-corrected chi connectivity index (χ3v) is 7.42. The van der Waals surface area contributed by atoms with Crippen LogP contribution in [0.2, 0.25) is 0 Å². The zero-order valence-corrected chi connectivity index (χ0v) is 18.2.